The average molecular weight is 431 g/mol. The van der Waals surface area contributed by atoms with Gasteiger partial charge in [-0.2, -0.15) is 8.42 Å². The lowest BCUT2D eigenvalue weighted by Gasteiger charge is -2.56. The first kappa shape index (κ1) is 19.9. The van der Waals surface area contributed by atoms with Crippen LogP contribution < -0.4 is 14.2 Å². The summed E-state index contributed by atoms with van der Waals surface area (Å²) >= 11 is 6.20. The van der Waals surface area contributed by atoms with E-state index in [0.29, 0.717) is 6.61 Å². The van der Waals surface area contributed by atoms with Crippen LogP contribution in [0.25, 0.3) is 0 Å². The summed E-state index contributed by atoms with van der Waals surface area (Å²) in [5.74, 6) is 0.546. The number of hydrogen-bond donors (Lipinski definition) is 2. The van der Waals surface area contributed by atoms with E-state index in [1.165, 1.54) is 19.3 Å². The maximum Gasteiger partial charge on any atom is 0.301 e. The summed E-state index contributed by atoms with van der Waals surface area (Å²) < 4.78 is 46.9. The largest absolute Gasteiger partial charge is 0.491 e. The molecule has 4 fully saturated rings. The van der Waals surface area contributed by atoms with Crippen molar-refractivity contribution >= 4 is 27.7 Å². The molecule has 28 heavy (non-hydrogen) atoms. The third-order valence-electron chi connectivity index (χ3n) is 6.46. The molecule has 4 bridgehead atoms. The minimum atomic E-state index is -4.03. The van der Waals surface area contributed by atoms with E-state index in [-0.39, 0.29) is 16.2 Å². The van der Waals surface area contributed by atoms with E-state index in [4.69, 9.17) is 16.3 Å². The van der Waals surface area contributed by atoms with Crippen molar-refractivity contribution in [3.8, 4) is 5.75 Å². The highest BCUT2D eigenvalue weighted by Crippen LogP contribution is 2.60. The fourth-order valence-corrected chi connectivity index (χ4v) is 6.41. The van der Waals surface area contributed by atoms with Crippen molar-refractivity contribution in [1.82, 2.24) is 9.44 Å². The van der Waals surface area contributed by atoms with Gasteiger partial charge >= 0.3 is 10.2 Å². The minimum absolute atomic E-state index is 0.0816. The summed E-state index contributed by atoms with van der Waals surface area (Å²) in [4.78, 5) is 12.0. The molecule has 0 atom stereocenters. The van der Waals surface area contributed by atoms with Gasteiger partial charge in [0.05, 0.1) is 17.2 Å². The van der Waals surface area contributed by atoms with Crippen molar-refractivity contribution in [2.24, 2.45) is 23.2 Å². The van der Waals surface area contributed by atoms with Gasteiger partial charge in [-0.3, -0.25) is 4.79 Å². The molecule has 4 aliphatic carbocycles. The molecule has 6 nitrogen and oxygen atoms in total. The Balaban J connectivity index is 1.47. The molecular formula is C19H24ClFN2O4S. The van der Waals surface area contributed by atoms with Crippen molar-refractivity contribution in [2.75, 3.05) is 13.7 Å². The smallest absolute Gasteiger partial charge is 0.301 e. The zero-order valence-electron chi connectivity index (χ0n) is 15.6. The van der Waals surface area contributed by atoms with Crippen LogP contribution in [0, 0.1) is 29.0 Å². The number of carbonyl (C=O) groups is 1. The van der Waals surface area contributed by atoms with Crippen molar-refractivity contribution in [3.05, 3.63) is 28.5 Å². The molecule has 0 aromatic heterocycles. The molecule has 0 spiro atoms. The van der Waals surface area contributed by atoms with Crippen LogP contribution in [0.1, 0.15) is 48.9 Å². The van der Waals surface area contributed by atoms with Crippen LogP contribution >= 0.6 is 11.6 Å². The highest BCUT2D eigenvalue weighted by molar-refractivity contribution is 7.88. The summed E-state index contributed by atoms with van der Waals surface area (Å²) in [6, 6.07) is 2.16. The van der Waals surface area contributed by atoms with Crippen molar-refractivity contribution in [1.29, 1.82) is 0 Å². The third kappa shape index (κ3) is 3.86. The number of carbonyl (C=O) groups excluding carboxylic acids is 1. The highest BCUT2D eigenvalue weighted by Gasteiger charge is 2.51. The lowest BCUT2D eigenvalue weighted by atomic mass is 9.50. The van der Waals surface area contributed by atoms with Crippen LogP contribution in [0.2, 0.25) is 5.02 Å². The van der Waals surface area contributed by atoms with Gasteiger partial charge in [-0.25, -0.2) is 13.8 Å². The Kier molecular flexibility index (Phi) is 5.08. The maximum atomic E-state index is 14.4. The lowest BCUT2D eigenvalue weighted by Crippen LogP contribution is -2.48. The van der Waals surface area contributed by atoms with E-state index < -0.39 is 27.5 Å². The molecule has 1 amide bonds. The van der Waals surface area contributed by atoms with Crippen LogP contribution in [-0.4, -0.2) is 28.0 Å². The third-order valence-corrected chi connectivity index (χ3v) is 7.75. The number of hydrogen-bond acceptors (Lipinski definition) is 4. The first-order valence-electron chi connectivity index (χ1n) is 9.56. The Morgan fingerprint density at radius 3 is 2.32 bits per heavy atom. The molecule has 9 heteroatoms. The van der Waals surface area contributed by atoms with Crippen LogP contribution in [0.15, 0.2) is 12.1 Å². The molecular weight excluding hydrogens is 407 g/mol. The normalized spacial score (nSPS) is 31.0. The number of nitrogens with one attached hydrogen (secondary N) is 2. The van der Waals surface area contributed by atoms with Crippen LogP contribution in [0.3, 0.4) is 0 Å². The number of ether oxygens (including phenoxy) is 1. The number of benzene rings is 1. The number of rotatable bonds is 6. The second-order valence-corrected chi connectivity index (χ2v) is 10.6. The molecule has 4 aliphatic rings. The Hall–Kier alpha value is -1.38. The standard InChI is InChI=1S/C19H24ClFN2O4S/c1-22-28(25,26)23-18(24)14-5-15(20)17(6-16(14)21)27-10-19-7-11-2-12(8-19)4-13(3-11)9-19/h5-6,11-13,22H,2-4,7-10H2,1H3,(H,23,24). The van der Waals surface area contributed by atoms with E-state index in [1.54, 1.807) is 4.72 Å². The molecule has 4 saturated carbocycles. The Morgan fingerprint density at radius 2 is 1.79 bits per heavy atom. The summed E-state index contributed by atoms with van der Waals surface area (Å²) in [5.41, 5.74) is -0.308. The van der Waals surface area contributed by atoms with Crippen molar-refractivity contribution < 1.29 is 22.3 Å². The maximum absolute atomic E-state index is 14.4. The van der Waals surface area contributed by atoms with Crippen LogP contribution in [0.5, 0.6) is 5.75 Å². The van der Waals surface area contributed by atoms with Gasteiger partial charge in [0, 0.05) is 18.5 Å². The summed E-state index contributed by atoms with van der Waals surface area (Å²) in [6.07, 6.45) is 7.44. The van der Waals surface area contributed by atoms with Gasteiger partial charge in [0.1, 0.15) is 11.6 Å². The minimum Gasteiger partial charge on any atom is -0.491 e. The molecule has 5 rings (SSSR count). The molecule has 0 saturated heterocycles. The molecule has 1 aromatic carbocycles. The molecule has 1 aromatic rings. The first-order valence-corrected chi connectivity index (χ1v) is 11.4. The van der Waals surface area contributed by atoms with E-state index >= 15 is 0 Å². The lowest BCUT2D eigenvalue weighted by molar-refractivity contribution is -0.0745. The Labute approximate surface area is 169 Å². The van der Waals surface area contributed by atoms with E-state index in [9.17, 15) is 17.6 Å². The summed E-state index contributed by atoms with van der Waals surface area (Å²) in [5, 5.41) is 0.0816. The Bertz CT molecular complexity index is 870. The van der Waals surface area contributed by atoms with Gasteiger partial charge in [0.2, 0.25) is 0 Å². The van der Waals surface area contributed by atoms with Gasteiger partial charge in [-0.15, -0.1) is 0 Å². The number of halogens is 2. The Morgan fingerprint density at radius 1 is 1.21 bits per heavy atom. The molecule has 2 N–H and O–H groups in total. The van der Waals surface area contributed by atoms with Crippen molar-refractivity contribution in [3.63, 3.8) is 0 Å². The molecule has 0 unspecified atom stereocenters. The second kappa shape index (κ2) is 7.15. The molecule has 0 radical (unpaired) electrons. The summed E-state index contributed by atoms with van der Waals surface area (Å²) in [7, 11) is -2.89. The monoisotopic (exact) mass is 430 g/mol. The van der Waals surface area contributed by atoms with Gasteiger partial charge < -0.3 is 4.74 Å². The second-order valence-electron chi connectivity index (χ2n) is 8.61. The molecule has 0 aliphatic heterocycles. The van der Waals surface area contributed by atoms with E-state index in [2.05, 4.69) is 0 Å². The highest BCUT2D eigenvalue weighted by atomic mass is 35.5. The van der Waals surface area contributed by atoms with E-state index in [0.717, 1.165) is 56.2 Å². The summed E-state index contributed by atoms with van der Waals surface area (Å²) in [6.45, 7) is 0.495. The van der Waals surface area contributed by atoms with Gasteiger partial charge in [0.25, 0.3) is 5.91 Å². The fraction of sp³-hybridized carbons (Fsp3) is 0.632. The van der Waals surface area contributed by atoms with Crippen LogP contribution in [-0.2, 0) is 10.2 Å². The van der Waals surface area contributed by atoms with Crippen LogP contribution in [0.4, 0.5) is 4.39 Å². The topological polar surface area (TPSA) is 84.5 Å². The zero-order valence-corrected chi connectivity index (χ0v) is 17.2. The predicted molar refractivity (Wildman–Crippen MR) is 103 cm³/mol. The average Bonchev–Trinajstić information content (AvgIpc) is 2.60. The van der Waals surface area contributed by atoms with Gasteiger partial charge in [-0.05, 0) is 62.3 Å². The van der Waals surface area contributed by atoms with Crippen molar-refractivity contribution in [2.45, 2.75) is 38.5 Å². The quantitative estimate of drug-likeness (QED) is 0.725. The first-order chi connectivity index (χ1) is 13.2. The van der Waals surface area contributed by atoms with Gasteiger partial charge in [-0.1, -0.05) is 11.6 Å². The molecule has 154 valence electrons. The van der Waals surface area contributed by atoms with E-state index in [1.807, 2.05) is 4.72 Å². The fourth-order valence-electron chi connectivity index (χ4n) is 5.74. The predicted octanol–water partition coefficient (Wildman–Crippen LogP) is 3.27. The number of amides is 1. The molecule has 0 heterocycles. The SMILES string of the molecule is CNS(=O)(=O)NC(=O)c1cc(Cl)c(OCC23CC4CC(CC(C4)C2)C3)cc1F. The van der Waals surface area contributed by atoms with Gasteiger partial charge in [0.15, 0.2) is 0 Å². The zero-order chi connectivity index (χ0) is 20.1.